The van der Waals surface area contributed by atoms with E-state index in [9.17, 15) is 4.39 Å². The third kappa shape index (κ3) is 3.06. The lowest BCUT2D eigenvalue weighted by atomic mass is 9.96. The molecule has 0 aromatic heterocycles. The molecule has 1 fully saturated rings. The number of likely N-dealkylation sites (tertiary alicyclic amines) is 1. The molecule has 2 N–H and O–H groups in total. The normalized spacial score (nSPS) is 24.8. The first-order valence-corrected chi connectivity index (χ1v) is 6.25. The third-order valence-corrected chi connectivity index (χ3v) is 3.34. The lowest BCUT2D eigenvalue weighted by molar-refractivity contribution is 0.157. The predicted octanol–water partition coefficient (Wildman–Crippen LogP) is 1.87. The summed E-state index contributed by atoms with van der Waals surface area (Å²) in [5.74, 6) is 0.246. The van der Waals surface area contributed by atoms with Crippen molar-refractivity contribution in [2.24, 2.45) is 11.7 Å². The molecule has 0 radical (unpaired) electrons. The molecule has 0 saturated carbocycles. The van der Waals surface area contributed by atoms with Crippen LogP contribution in [0.2, 0.25) is 0 Å². The first kappa shape index (κ1) is 13.0. The molecule has 1 heterocycles. The van der Waals surface area contributed by atoms with Crippen molar-refractivity contribution in [3.8, 4) is 6.07 Å². The van der Waals surface area contributed by atoms with Crippen LogP contribution in [0.3, 0.4) is 0 Å². The van der Waals surface area contributed by atoms with Gasteiger partial charge < -0.3 is 5.73 Å². The van der Waals surface area contributed by atoms with Crippen LogP contribution in [0.25, 0.3) is 0 Å². The fourth-order valence-electron chi connectivity index (χ4n) is 2.63. The molecule has 1 aliphatic heterocycles. The Balaban J connectivity index is 2.07. The summed E-state index contributed by atoms with van der Waals surface area (Å²) < 4.78 is 13.8. The van der Waals surface area contributed by atoms with Gasteiger partial charge in [0, 0.05) is 31.2 Å². The second-order valence-corrected chi connectivity index (χ2v) is 5.21. The number of nitrogens with zero attached hydrogens (tertiary/aromatic N) is 2. The summed E-state index contributed by atoms with van der Waals surface area (Å²) in [6, 6.07) is 6.76. The Hall–Kier alpha value is -1.44. The highest BCUT2D eigenvalue weighted by molar-refractivity contribution is 5.32. The molecule has 2 unspecified atom stereocenters. The Morgan fingerprint density at radius 1 is 1.50 bits per heavy atom. The highest BCUT2D eigenvalue weighted by Crippen LogP contribution is 2.19. The highest BCUT2D eigenvalue weighted by atomic mass is 19.1. The monoisotopic (exact) mass is 247 g/mol. The largest absolute Gasteiger partial charge is 0.327 e. The maximum atomic E-state index is 13.8. The number of nitrogens with two attached hydrogens (primary N) is 1. The smallest absolute Gasteiger partial charge is 0.129 e. The Morgan fingerprint density at radius 3 is 2.89 bits per heavy atom. The molecule has 1 aromatic rings. The molecule has 2 atom stereocenters. The minimum atomic E-state index is -0.305. The minimum absolute atomic E-state index is 0.176. The van der Waals surface area contributed by atoms with E-state index in [-0.39, 0.29) is 11.9 Å². The number of benzene rings is 1. The summed E-state index contributed by atoms with van der Waals surface area (Å²) in [6.07, 6.45) is 1.03. The highest BCUT2D eigenvalue weighted by Gasteiger charge is 2.22. The molecule has 4 heteroatoms. The van der Waals surface area contributed by atoms with Crippen molar-refractivity contribution in [1.82, 2.24) is 4.90 Å². The van der Waals surface area contributed by atoms with E-state index in [0.29, 0.717) is 23.6 Å². The SMILES string of the molecule is CC1CC(N)CN(Cc2ccc(C#N)cc2F)C1. The van der Waals surface area contributed by atoms with Gasteiger partial charge in [-0.15, -0.1) is 0 Å². The summed E-state index contributed by atoms with van der Waals surface area (Å²) in [4.78, 5) is 2.18. The zero-order valence-corrected chi connectivity index (χ0v) is 10.6. The molecule has 0 amide bonds. The molecule has 0 aliphatic carbocycles. The van der Waals surface area contributed by atoms with Crippen LogP contribution >= 0.6 is 0 Å². The van der Waals surface area contributed by atoms with Crippen LogP contribution in [-0.4, -0.2) is 24.0 Å². The molecule has 1 saturated heterocycles. The Bertz CT molecular complexity index is 457. The van der Waals surface area contributed by atoms with Gasteiger partial charge in [0.05, 0.1) is 11.6 Å². The van der Waals surface area contributed by atoms with Gasteiger partial charge in [0.1, 0.15) is 5.82 Å². The minimum Gasteiger partial charge on any atom is -0.327 e. The summed E-state index contributed by atoms with van der Waals surface area (Å²) in [5.41, 5.74) is 6.97. The molecular formula is C14H18FN3. The molecular weight excluding hydrogens is 229 g/mol. The number of halogens is 1. The lowest BCUT2D eigenvalue weighted by Crippen LogP contribution is -2.45. The lowest BCUT2D eigenvalue weighted by Gasteiger charge is -2.34. The molecule has 2 rings (SSSR count). The molecule has 1 aliphatic rings. The molecule has 96 valence electrons. The van der Waals surface area contributed by atoms with Gasteiger partial charge in [0.25, 0.3) is 0 Å². The van der Waals surface area contributed by atoms with Gasteiger partial charge in [0.2, 0.25) is 0 Å². The average Bonchev–Trinajstić information content (AvgIpc) is 2.30. The second kappa shape index (κ2) is 5.47. The van der Waals surface area contributed by atoms with Crippen molar-refractivity contribution in [3.63, 3.8) is 0 Å². The fraction of sp³-hybridized carbons (Fsp3) is 0.500. The maximum Gasteiger partial charge on any atom is 0.129 e. The van der Waals surface area contributed by atoms with E-state index < -0.39 is 0 Å². The molecule has 0 bridgehead atoms. The van der Waals surface area contributed by atoms with E-state index in [1.807, 2.05) is 6.07 Å². The van der Waals surface area contributed by atoms with Gasteiger partial charge in [-0.25, -0.2) is 4.39 Å². The van der Waals surface area contributed by atoms with Crippen molar-refractivity contribution in [3.05, 3.63) is 35.1 Å². The number of piperidine rings is 1. The van der Waals surface area contributed by atoms with Crippen LogP contribution in [0.4, 0.5) is 4.39 Å². The van der Waals surface area contributed by atoms with Crippen LogP contribution in [0.5, 0.6) is 0 Å². The van der Waals surface area contributed by atoms with Gasteiger partial charge in [-0.05, 0) is 24.5 Å². The van der Waals surface area contributed by atoms with Gasteiger partial charge in [0.15, 0.2) is 0 Å². The number of rotatable bonds is 2. The standard InChI is InChI=1S/C14H18FN3/c1-10-4-13(17)9-18(7-10)8-12-3-2-11(6-16)5-14(12)15/h2-3,5,10,13H,4,7-9,17H2,1H3. The summed E-state index contributed by atoms with van der Waals surface area (Å²) in [5, 5.41) is 8.70. The van der Waals surface area contributed by atoms with E-state index >= 15 is 0 Å². The van der Waals surface area contributed by atoms with Crippen molar-refractivity contribution in [2.45, 2.75) is 25.9 Å². The Labute approximate surface area is 107 Å². The zero-order valence-electron chi connectivity index (χ0n) is 10.6. The van der Waals surface area contributed by atoms with Crippen LogP contribution in [-0.2, 0) is 6.54 Å². The third-order valence-electron chi connectivity index (χ3n) is 3.34. The van der Waals surface area contributed by atoms with Crippen molar-refractivity contribution >= 4 is 0 Å². The van der Waals surface area contributed by atoms with Gasteiger partial charge in [-0.3, -0.25) is 4.90 Å². The molecule has 3 nitrogen and oxygen atoms in total. The van der Waals surface area contributed by atoms with Crippen LogP contribution in [0.1, 0.15) is 24.5 Å². The van der Waals surface area contributed by atoms with E-state index in [1.165, 1.54) is 6.07 Å². The van der Waals surface area contributed by atoms with Crippen LogP contribution < -0.4 is 5.73 Å². The van der Waals surface area contributed by atoms with Gasteiger partial charge >= 0.3 is 0 Å². The average molecular weight is 247 g/mol. The van der Waals surface area contributed by atoms with E-state index in [4.69, 9.17) is 11.0 Å². The topological polar surface area (TPSA) is 53.0 Å². The second-order valence-electron chi connectivity index (χ2n) is 5.21. The fourth-order valence-corrected chi connectivity index (χ4v) is 2.63. The summed E-state index contributed by atoms with van der Waals surface area (Å²) in [7, 11) is 0. The Kier molecular flexibility index (Phi) is 3.95. The first-order chi connectivity index (χ1) is 8.58. The van der Waals surface area contributed by atoms with Crippen LogP contribution in [0.15, 0.2) is 18.2 Å². The van der Waals surface area contributed by atoms with E-state index in [2.05, 4.69) is 11.8 Å². The van der Waals surface area contributed by atoms with E-state index in [1.54, 1.807) is 12.1 Å². The molecule has 1 aromatic carbocycles. The quantitative estimate of drug-likeness (QED) is 0.868. The first-order valence-electron chi connectivity index (χ1n) is 6.25. The van der Waals surface area contributed by atoms with E-state index in [0.717, 1.165) is 19.5 Å². The maximum absolute atomic E-state index is 13.8. The molecule has 18 heavy (non-hydrogen) atoms. The summed E-state index contributed by atoms with van der Waals surface area (Å²) >= 11 is 0. The predicted molar refractivity (Wildman–Crippen MR) is 68.1 cm³/mol. The Morgan fingerprint density at radius 2 is 2.28 bits per heavy atom. The number of hydrogen-bond acceptors (Lipinski definition) is 3. The van der Waals surface area contributed by atoms with Crippen molar-refractivity contribution < 1.29 is 4.39 Å². The van der Waals surface area contributed by atoms with Gasteiger partial charge in [-0.2, -0.15) is 5.26 Å². The van der Waals surface area contributed by atoms with Crippen molar-refractivity contribution in [1.29, 1.82) is 5.26 Å². The van der Waals surface area contributed by atoms with Gasteiger partial charge in [-0.1, -0.05) is 13.0 Å². The zero-order chi connectivity index (χ0) is 13.1. The molecule has 0 spiro atoms. The van der Waals surface area contributed by atoms with Crippen molar-refractivity contribution in [2.75, 3.05) is 13.1 Å². The summed E-state index contributed by atoms with van der Waals surface area (Å²) in [6.45, 7) is 4.49. The number of nitriles is 1. The van der Waals surface area contributed by atoms with Crippen LogP contribution in [0, 0.1) is 23.1 Å². The number of hydrogen-bond donors (Lipinski definition) is 1.